The minimum absolute atomic E-state index is 0. The summed E-state index contributed by atoms with van der Waals surface area (Å²) in [5.41, 5.74) is 0. The summed E-state index contributed by atoms with van der Waals surface area (Å²) in [6.07, 6.45) is 3.69. The van der Waals surface area contributed by atoms with Crippen molar-refractivity contribution in [3.05, 3.63) is 61.7 Å². The van der Waals surface area contributed by atoms with Crippen molar-refractivity contribution in [1.82, 2.24) is 0 Å². The van der Waals surface area contributed by atoms with Crippen LogP contribution in [0.2, 0.25) is 0 Å². The van der Waals surface area contributed by atoms with E-state index in [0.29, 0.717) is 6.42 Å². The van der Waals surface area contributed by atoms with Gasteiger partial charge in [0, 0.05) is 32.7 Å². The van der Waals surface area contributed by atoms with Gasteiger partial charge in [-0.15, -0.1) is 0 Å². The van der Waals surface area contributed by atoms with Gasteiger partial charge in [-0.05, 0) is 0 Å². The van der Waals surface area contributed by atoms with Gasteiger partial charge >= 0.3 is 0 Å². The van der Waals surface area contributed by atoms with Gasteiger partial charge in [0.15, 0.2) is 0 Å². The zero-order valence-electron chi connectivity index (χ0n) is 7.06. The molecular weight excluding hydrogens is 221 g/mol. The Balaban J connectivity index is 0. The molecule has 1 aromatic carbocycles. The molecule has 0 heterocycles. The summed E-state index contributed by atoms with van der Waals surface area (Å²) in [7, 11) is 0. The molecule has 0 aromatic heterocycles. The summed E-state index contributed by atoms with van der Waals surface area (Å²) in [6, 6.07) is 12.0. The van der Waals surface area contributed by atoms with Crippen LogP contribution in [0.4, 0.5) is 0 Å². The first-order valence-corrected chi connectivity index (χ1v) is 3.48. The number of allylic oxidation sites excluding steroid dienone is 2. The molecule has 0 aliphatic rings. The minimum atomic E-state index is 0. The zero-order valence-corrected chi connectivity index (χ0v) is 9.90. The predicted octanol–water partition coefficient (Wildman–Crippen LogP) is 3.04. The van der Waals surface area contributed by atoms with Crippen LogP contribution in [0.3, 0.4) is 0 Å². The zero-order chi connectivity index (χ0) is 8.36. The van der Waals surface area contributed by atoms with Crippen LogP contribution in [-0.2, 0) is 32.7 Å². The second-order valence-electron chi connectivity index (χ2n) is 1.86. The van der Waals surface area contributed by atoms with Crippen molar-refractivity contribution in [2.24, 2.45) is 0 Å². The van der Waals surface area contributed by atoms with E-state index in [9.17, 15) is 0 Å². The fourth-order valence-corrected chi connectivity index (χ4v) is 0.463. The van der Waals surface area contributed by atoms with Gasteiger partial charge in [0.05, 0.1) is 0 Å². The molecule has 0 saturated heterocycles. The van der Waals surface area contributed by atoms with Crippen LogP contribution < -0.4 is 0 Å². The monoisotopic (exact) mass is 233 g/mol. The molecule has 0 fully saturated rings. The molecule has 0 amide bonds. The van der Waals surface area contributed by atoms with Crippen LogP contribution in [0, 0.1) is 13.2 Å². The van der Waals surface area contributed by atoms with Crippen molar-refractivity contribution < 1.29 is 32.7 Å². The van der Waals surface area contributed by atoms with Gasteiger partial charge in [0.25, 0.3) is 0 Å². The van der Waals surface area contributed by atoms with Crippen LogP contribution >= 0.6 is 0 Å². The Bertz CT molecular complexity index is 147. The summed E-state index contributed by atoms with van der Waals surface area (Å²) < 4.78 is 0. The fourth-order valence-electron chi connectivity index (χ4n) is 0.463. The normalized spacial score (nSPS) is 6.67. The van der Waals surface area contributed by atoms with Crippen molar-refractivity contribution >= 4 is 0 Å². The SMILES string of the molecule is [CH-]=CCC=[CH-].[Y].c1ccccc1. The van der Waals surface area contributed by atoms with E-state index in [0.717, 1.165) is 0 Å². The molecule has 1 heteroatoms. The first-order valence-electron chi connectivity index (χ1n) is 3.48. The van der Waals surface area contributed by atoms with Gasteiger partial charge in [-0.1, -0.05) is 42.8 Å². The largest absolute Gasteiger partial charge is 0.518 e. The average molecular weight is 233 g/mol. The van der Waals surface area contributed by atoms with Gasteiger partial charge < -0.3 is 13.2 Å². The van der Waals surface area contributed by atoms with Crippen LogP contribution in [-0.4, -0.2) is 0 Å². The van der Waals surface area contributed by atoms with Crippen molar-refractivity contribution in [1.29, 1.82) is 0 Å². The molecule has 0 N–H and O–H groups in total. The number of hydrogen-bond acceptors (Lipinski definition) is 0. The van der Waals surface area contributed by atoms with E-state index < -0.39 is 0 Å². The Morgan fingerprint density at radius 2 is 1.00 bits per heavy atom. The van der Waals surface area contributed by atoms with Gasteiger partial charge in [-0.25, -0.2) is 0 Å². The van der Waals surface area contributed by atoms with Crippen LogP contribution in [0.5, 0.6) is 0 Å². The smallest absolute Gasteiger partial charge is 0 e. The van der Waals surface area contributed by atoms with E-state index in [-0.39, 0.29) is 32.7 Å². The van der Waals surface area contributed by atoms with E-state index in [4.69, 9.17) is 13.2 Å². The van der Waals surface area contributed by atoms with Crippen LogP contribution in [0.1, 0.15) is 6.42 Å². The molecular formula is C11H12Y-2. The molecule has 0 atom stereocenters. The van der Waals surface area contributed by atoms with E-state index in [1.54, 1.807) is 0 Å². The third-order valence-corrected chi connectivity index (χ3v) is 0.939. The quantitative estimate of drug-likeness (QED) is 0.689. The average Bonchev–Trinajstić information content (AvgIpc) is 2.10. The molecule has 0 unspecified atom stereocenters. The second kappa shape index (κ2) is 13.4. The van der Waals surface area contributed by atoms with Gasteiger partial charge in [-0.2, -0.15) is 0 Å². The second-order valence-corrected chi connectivity index (χ2v) is 1.86. The summed E-state index contributed by atoms with van der Waals surface area (Å²) >= 11 is 0. The predicted molar refractivity (Wildman–Crippen MR) is 48.8 cm³/mol. The Kier molecular flexibility index (Phi) is 16.0. The topological polar surface area (TPSA) is 0 Å². The van der Waals surface area contributed by atoms with E-state index in [1.807, 2.05) is 36.4 Å². The molecule has 0 aliphatic heterocycles. The summed E-state index contributed by atoms with van der Waals surface area (Å²) in [4.78, 5) is 0. The van der Waals surface area contributed by atoms with Crippen molar-refractivity contribution in [2.75, 3.05) is 0 Å². The van der Waals surface area contributed by atoms with E-state index in [2.05, 4.69) is 0 Å². The number of rotatable bonds is 2. The Hall–Kier alpha value is -0.196. The van der Waals surface area contributed by atoms with Crippen LogP contribution in [0.15, 0.2) is 48.6 Å². The first-order chi connectivity index (χ1) is 5.41. The molecule has 0 nitrogen and oxygen atoms in total. The third-order valence-electron chi connectivity index (χ3n) is 0.939. The standard InChI is InChI=1S/C6H6.C5H6.Y/c1-2-4-6-5-3-1;1-3-5-4-2;/h1-6H;1-4H,5H2;/q;-2;. The van der Waals surface area contributed by atoms with Crippen molar-refractivity contribution in [3.63, 3.8) is 0 Å². The maximum Gasteiger partial charge on any atom is 0 e. The van der Waals surface area contributed by atoms with E-state index in [1.165, 1.54) is 12.2 Å². The maximum atomic E-state index is 4.90. The molecule has 1 aromatic rings. The summed E-state index contributed by atoms with van der Waals surface area (Å²) in [5, 5.41) is 0. The summed E-state index contributed by atoms with van der Waals surface area (Å²) in [6.45, 7) is 9.81. The number of hydrogen-bond donors (Lipinski definition) is 0. The molecule has 0 bridgehead atoms. The maximum absolute atomic E-state index is 4.90. The van der Waals surface area contributed by atoms with Gasteiger partial charge in [-0.3, -0.25) is 12.2 Å². The molecule has 1 rings (SSSR count). The van der Waals surface area contributed by atoms with E-state index >= 15 is 0 Å². The molecule has 0 spiro atoms. The van der Waals surface area contributed by atoms with Crippen molar-refractivity contribution in [2.45, 2.75) is 6.42 Å². The fraction of sp³-hybridized carbons (Fsp3) is 0.0909. The Morgan fingerprint density at radius 1 is 0.750 bits per heavy atom. The van der Waals surface area contributed by atoms with Gasteiger partial charge in [0.1, 0.15) is 0 Å². The third kappa shape index (κ3) is 12.5. The van der Waals surface area contributed by atoms with Crippen LogP contribution in [0.25, 0.3) is 0 Å². The molecule has 12 heavy (non-hydrogen) atoms. The van der Waals surface area contributed by atoms with Gasteiger partial charge in [0.2, 0.25) is 0 Å². The minimum Gasteiger partial charge on any atom is -0.518 e. The number of benzene rings is 1. The summed E-state index contributed by atoms with van der Waals surface area (Å²) in [5.74, 6) is 0. The Labute approximate surface area is 100 Å². The Morgan fingerprint density at radius 3 is 1.08 bits per heavy atom. The molecule has 0 aliphatic carbocycles. The van der Waals surface area contributed by atoms with Crippen molar-refractivity contribution in [3.8, 4) is 0 Å². The molecule has 0 saturated carbocycles. The molecule has 61 valence electrons. The first kappa shape index (κ1) is 14.3. The molecule has 1 radical (unpaired) electrons.